The van der Waals surface area contributed by atoms with Gasteiger partial charge in [-0.25, -0.2) is 0 Å². The monoisotopic (exact) mass is 265 g/mol. The molecule has 0 aliphatic rings. The zero-order chi connectivity index (χ0) is 13.0. The van der Waals surface area contributed by atoms with Crippen molar-refractivity contribution in [2.24, 2.45) is 0 Å². The maximum absolute atomic E-state index is 5.67. The molecule has 2 aromatic heterocycles. The van der Waals surface area contributed by atoms with Gasteiger partial charge >= 0.3 is 0 Å². The fourth-order valence-electron chi connectivity index (χ4n) is 1.60. The molecule has 0 fully saturated rings. The maximum atomic E-state index is 5.67. The summed E-state index contributed by atoms with van der Waals surface area (Å²) in [5.41, 5.74) is 0. The lowest BCUT2D eigenvalue weighted by Gasteiger charge is -2.04. The number of hydrogen-bond donors (Lipinski definition) is 1. The molecule has 1 N–H and O–H groups in total. The van der Waals surface area contributed by atoms with Crippen molar-refractivity contribution in [3.63, 3.8) is 0 Å². The molecule has 0 unspecified atom stereocenters. The van der Waals surface area contributed by atoms with Crippen LogP contribution in [-0.4, -0.2) is 22.8 Å². The normalized spacial score (nSPS) is 11.3. The van der Waals surface area contributed by atoms with Crippen molar-refractivity contribution in [3.8, 4) is 10.8 Å². The van der Waals surface area contributed by atoms with Crippen molar-refractivity contribution in [2.45, 2.75) is 39.7 Å². The quantitative estimate of drug-likeness (QED) is 0.872. The van der Waals surface area contributed by atoms with Crippen LogP contribution in [0.2, 0.25) is 0 Å². The molecule has 0 aliphatic heterocycles. The molecule has 0 amide bonds. The van der Waals surface area contributed by atoms with E-state index >= 15 is 0 Å². The van der Waals surface area contributed by atoms with E-state index in [9.17, 15) is 0 Å². The highest BCUT2D eigenvalue weighted by atomic mass is 32.1. The Balaban J connectivity index is 1.97. The molecule has 0 aliphatic carbocycles. The van der Waals surface area contributed by atoms with Gasteiger partial charge < -0.3 is 9.73 Å². The number of nitrogens with zero attached hydrogens (tertiary/aromatic N) is 2. The van der Waals surface area contributed by atoms with Gasteiger partial charge in [-0.2, -0.15) is 0 Å². The molecule has 2 aromatic rings. The average Bonchev–Trinajstić information content (AvgIpc) is 2.95. The minimum Gasteiger partial charge on any atom is -0.459 e. The smallest absolute Gasteiger partial charge is 0.183 e. The molecule has 0 radical (unpaired) electrons. The molecule has 4 nitrogen and oxygen atoms in total. The minimum absolute atomic E-state index is 0.509. The van der Waals surface area contributed by atoms with Crippen LogP contribution in [0, 0.1) is 0 Å². The zero-order valence-corrected chi connectivity index (χ0v) is 11.9. The van der Waals surface area contributed by atoms with Crippen molar-refractivity contribution in [1.29, 1.82) is 0 Å². The van der Waals surface area contributed by atoms with E-state index in [0.29, 0.717) is 6.04 Å². The van der Waals surface area contributed by atoms with Gasteiger partial charge in [0.25, 0.3) is 0 Å². The van der Waals surface area contributed by atoms with Gasteiger partial charge in [-0.15, -0.1) is 10.2 Å². The van der Waals surface area contributed by atoms with E-state index in [1.165, 1.54) is 0 Å². The van der Waals surface area contributed by atoms with Crippen LogP contribution in [0.25, 0.3) is 10.8 Å². The molecule has 2 rings (SSSR count). The molecule has 5 heteroatoms. The zero-order valence-electron chi connectivity index (χ0n) is 11.1. The van der Waals surface area contributed by atoms with E-state index in [1.807, 2.05) is 12.1 Å². The molecule has 2 heterocycles. The van der Waals surface area contributed by atoms with Crippen LogP contribution in [0.3, 0.4) is 0 Å². The molecule has 0 spiro atoms. The Labute approximate surface area is 111 Å². The number of rotatable bonds is 6. The number of hydrogen-bond acceptors (Lipinski definition) is 5. The number of aromatic nitrogens is 2. The molecule has 98 valence electrons. The average molecular weight is 265 g/mol. The second kappa shape index (κ2) is 6.11. The summed E-state index contributed by atoms with van der Waals surface area (Å²) in [6, 6.07) is 4.47. The van der Waals surface area contributed by atoms with E-state index in [0.717, 1.165) is 40.9 Å². The van der Waals surface area contributed by atoms with Crippen molar-refractivity contribution in [1.82, 2.24) is 15.5 Å². The van der Waals surface area contributed by atoms with Crippen LogP contribution in [0.15, 0.2) is 16.5 Å². The van der Waals surface area contributed by atoms with E-state index in [2.05, 4.69) is 36.3 Å². The number of aryl methyl sites for hydroxylation is 1. The molecule has 0 saturated heterocycles. The highest BCUT2D eigenvalue weighted by molar-refractivity contribution is 7.14. The molecule has 0 atom stereocenters. The summed E-state index contributed by atoms with van der Waals surface area (Å²) >= 11 is 1.61. The fourth-order valence-corrected chi connectivity index (χ4v) is 2.41. The summed E-state index contributed by atoms with van der Waals surface area (Å²) < 4.78 is 5.67. The second-order valence-electron chi connectivity index (χ2n) is 4.48. The second-order valence-corrected chi connectivity index (χ2v) is 5.54. The van der Waals surface area contributed by atoms with Gasteiger partial charge in [0, 0.05) is 25.4 Å². The number of furan rings is 1. The van der Waals surface area contributed by atoms with Crippen LogP contribution in [0.5, 0.6) is 0 Å². The van der Waals surface area contributed by atoms with Crippen LogP contribution >= 0.6 is 11.3 Å². The molecule has 0 aromatic carbocycles. The van der Waals surface area contributed by atoms with Crippen LogP contribution in [-0.2, 0) is 12.8 Å². The first-order chi connectivity index (χ1) is 8.69. The third-order valence-electron chi connectivity index (χ3n) is 2.58. The van der Waals surface area contributed by atoms with Gasteiger partial charge in [0.1, 0.15) is 10.8 Å². The maximum Gasteiger partial charge on any atom is 0.183 e. The largest absolute Gasteiger partial charge is 0.459 e. The Morgan fingerprint density at radius 1 is 1.33 bits per heavy atom. The summed E-state index contributed by atoms with van der Waals surface area (Å²) in [5.74, 6) is 1.82. The topological polar surface area (TPSA) is 51.0 Å². The third-order valence-corrected chi connectivity index (χ3v) is 3.58. The van der Waals surface area contributed by atoms with Gasteiger partial charge in [-0.1, -0.05) is 32.1 Å². The highest BCUT2D eigenvalue weighted by Crippen LogP contribution is 2.25. The minimum atomic E-state index is 0.509. The van der Waals surface area contributed by atoms with Gasteiger partial charge in [0.15, 0.2) is 10.8 Å². The first-order valence-electron chi connectivity index (χ1n) is 6.34. The van der Waals surface area contributed by atoms with Crippen LogP contribution in [0.4, 0.5) is 0 Å². The summed E-state index contributed by atoms with van der Waals surface area (Å²) in [6.45, 7) is 7.29. The lowest BCUT2D eigenvalue weighted by atomic mass is 10.3. The van der Waals surface area contributed by atoms with Crippen molar-refractivity contribution in [3.05, 3.63) is 22.9 Å². The third kappa shape index (κ3) is 3.40. The standard InChI is InChI=1S/C13H19N3OS/c1-4-10-5-6-11(17-10)13-16-15-12(18-13)7-8-14-9(2)3/h5-6,9,14H,4,7-8H2,1-3H3. The van der Waals surface area contributed by atoms with Crippen molar-refractivity contribution in [2.75, 3.05) is 6.54 Å². The highest BCUT2D eigenvalue weighted by Gasteiger charge is 2.10. The Morgan fingerprint density at radius 2 is 2.17 bits per heavy atom. The van der Waals surface area contributed by atoms with E-state index < -0.39 is 0 Å². The molecule has 18 heavy (non-hydrogen) atoms. The predicted molar refractivity (Wildman–Crippen MR) is 73.8 cm³/mol. The van der Waals surface area contributed by atoms with Crippen LogP contribution < -0.4 is 5.32 Å². The summed E-state index contributed by atoms with van der Waals surface area (Å²) in [6.07, 6.45) is 1.82. The van der Waals surface area contributed by atoms with Gasteiger partial charge in [0.05, 0.1) is 0 Å². The van der Waals surface area contributed by atoms with Gasteiger partial charge in [0.2, 0.25) is 0 Å². The summed E-state index contributed by atoms with van der Waals surface area (Å²) in [5, 5.41) is 13.7. The molecule has 0 bridgehead atoms. The Kier molecular flexibility index (Phi) is 4.49. The fraction of sp³-hybridized carbons (Fsp3) is 0.538. The SMILES string of the molecule is CCc1ccc(-c2nnc(CCNC(C)C)s2)o1. The van der Waals surface area contributed by atoms with E-state index in [1.54, 1.807) is 11.3 Å². The number of nitrogens with one attached hydrogen (secondary N) is 1. The first-order valence-corrected chi connectivity index (χ1v) is 7.15. The van der Waals surface area contributed by atoms with E-state index in [-0.39, 0.29) is 0 Å². The van der Waals surface area contributed by atoms with Gasteiger partial charge in [-0.05, 0) is 12.1 Å². The molecular formula is C13H19N3OS. The van der Waals surface area contributed by atoms with Gasteiger partial charge in [-0.3, -0.25) is 0 Å². The Morgan fingerprint density at radius 3 is 2.83 bits per heavy atom. The molecule has 0 saturated carbocycles. The first kappa shape index (κ1) is 13.2. The summed E-state index contributed by atoms with van der Waals surface area (Å²) in [4.78, 5) is 0. The van der Waals surface area contributed by atoms with E-state index in [4.69, 9.17) is 4.42 Å². The van der Waals surface area contributed by atoms with Crippen molar-refractivity contribution >= 4 is 11.3 Å². The predicted octanol–water partition coefficient (Wildman–Crippen LogP) is 2.90. The summed E-state index contributed by atoms with van der Waals surface area (Å²) in [7, 11) is 0. The Hall–Kier alpha value is -1.20. The lowest BCUT2D eigenvalue weighted by Crippen LogP contribution is -2.24. The Bertz CT molecular complexity index is 490. The van der Waals surface area contributed by atoms with Crippen LogP contribution in [0.1, 0.15) is 31.5 Å². The van der Waals surface area contributed by atoms with Crippen molar-refractivity contribution < 1.29 is 4.42 Å². The lowest BCUT2D eigenvalue weighted by molar-refractivity contribution is 0.528. The molecular weight excluding hydrogens is 246 g/mol.